The average molecular weight is 446 g/mol. The van der Waals surface area contributed by atoms with E-state index in [4.69, 9.17) is 0 Å². The van der Waals surface area contributed by atoms with Crippen LogP contribution in [0.1, 0.15) is 6.42 Å². The number of hydrogen-bond donors (Lipinski definition) is 0. The Bertz CT molecular complexity index is 687. The number of alkyl halides is 1. The maximum Gasteiger partial charge on any atom is 0.0502 e. The number of fused-ring (bicyclic) bond motifs is 3. The van der Waals surface area contributed by atoms with Gasteiger partial charge in [0.2, 0.25) is 0 Å². The third-order valence-corrected chi connectivity index (χ3v) is 4.85. The number of aryl methyl sites for hydroxylation is 1. The van der Waals surface area contributed by atoms with E-state index in [0.29, 0.717) is 0 Å². The number of nitrogens with zero attached hydrogens (tertiary/aromatic N) is 1. The van der Waals surface area contributed by atoms with E-state index in [2.05, 4.69) is 88.8 Å². The van der Waals surface area contributed by atoms with Crippen molar-refractivity contribution in [1.82, 2.24) is 4.57 Å². The fourth-order valence-corrected chi connectivity index (χ4v) is 3.45. The molecule has 1 heterocycles. The van der Waals surface area contributed by atoms with Gasteiger partial charge in [-0.3, -0.25) is 0 Å². The molecule has 0 aliphatic carbocycles. The van der Waals surface area contributed by atoms with Gasteiger partial charge in [-0.2, -0.15) is 0 Å². The molecule has 0 aliphatic rings. The van der Waals surface area contributed by atoms with Crippen LogP contribution in [0.3, 0.4) is 0 Å². The summed E-state index contributed by atoms with van der Waals surface area (Å²) in [6.45, 7) is 1.03. The quantitative estimate of drug-likeness (QED) is 0.429. The highest BCUT2D eigenvalue weighted by atomic mass is 79.9. The van der Waals surface area contributed by atoms with E-state index in [1.807, 2.05) is 0 Å². The summed E-state index contributed by atoms with van der Waals surface area (Å²) in [6.07, 6.45) is 1.12. The second-order valence-corrected chi connectivity index (χ2v) is 7.14. The minimum atomic E-state index is 1.02. The Morgan fingerprint density at radius 1 is 0.842 bits per heavy atom. The number of benzene rings is 2. The number of aromatic nitrogens is 1. The van der Waals surface area contributed by atoms with Crippen molar-refractivity contribution in [3.63, 3.8) is 0 Å². The summed E-state index contributed by atoms with van der Waals surface area (Å²) in [5.41, 5.74) is 2.59. The monoisotopic (exact) mass is 443 g/mol. The topological polar surface area (TPSA) is 4.93 Å². The van der Waals surface area contributed by atoms with E-state index >= 15 is 0 Å². The van der Waals surface area contributed by atoms with Crippen LogP contribution in [0, 0.1) is 0 Å². The molecular weight excluding hydrogens is 434 g/mol. The van der Waals surface area contributed by atoms with Gasteiger partial charge in [0.05, 0.1) is 11.0 Å². The molecule has 0 N–H and O–H groups in total. The first-order chi connectivity index (χ1) is 9.20. The van der Waals surface area contributed by atoms with Crippen molar-refractivity contribution in [3.05, 3.63) is 45.3 Å². The second-order valence-electron chi connectivity index (χ2n) is 4.52. The van der Waals surface area contributed by atoms with Gasteiger partial charge in [-0.25, -0.2) is 0 Å². The summed E-state index contributed by atoms with van der Waals surface area (Å²) in [5, 5.41) is 3.66. The summed E-state index contributed by atoms with van der Waals surface area (Å²) >= 11 is 10.7. The Morgan fingerprint density at radius 3 is 1.84 bits per heavy atom. The Balaban J connectivity index is 2.36. The lowest BCUT2D eigenvalue weighted by Crippen LogP contribution is -1.98. The van der Waals surface area contributed by atoms with Gasteiger partial charge in [0.1, 0.15) is 0 Å². The van der Waals surface area contributed by atoms with Crippen LogP contribution in [-0.2, 0) is 6.54 Å². The zero-order valence-corrected chi connectivity index (χ0v) is 14.9. The minimum absolute atomic E-state index is 1.02. The molecule has 0 aliphatic heterocycles. The largest absolute Gasteiger partial charge is 0.340 e. The molecule has 0 amide bonds. The van der Waals surface area contributed by atoms with Crippen molar-refractivity contribution in [2.45, 2.75) is 13.0 Å². The van der Waals surface area contributed by atoms with Crippen molar-refractivity contribution in [3.8, 4) is 0 Å². The van der Waals surface area contributed by atoms with Crippen LogP contribution in [0.15, 0.2) is 45.3 Å². The summed E-state index contributed by atoms with van der Waals surface area (Å²) in [7, 11) is 0. The fraction of sp³-hybridized carbons (Fsp3) is 0.200. The minimum Gasteiger partial charge on any atom is -0.340 e. The molecule has 98 valence electrons. The molecule has 0 fully saturated rings. The first-order valence-corrected chi connectivity index (χ1v) is 8.84. The van der Waals surface area contributed by atoms with Crippen LogP contribution in [0.25, 0.3) is 21.8 Å². The molecule has 1 nitrogen and oxygen atoms in total. The third kappa shape index (κ3) is 2.50. The highest BCUT2D eigenvalue weighted by molar-refractivity contribution is 9.10. The molecule has 0 bridgehead atoms. The van der Waals surface area contributed by atoms with Gasteiger partial charge in [0.25, 0.3) is 0 Å². The van der Waals surface area contributed by atoms with Crippen LogP contribution < -0.4 is 0 Å². The van der Waals surface area contributed by atoms with E-state index < -0.39 is 0 Å². The Morgan fingerprint density at radius 2 is 1.37 bits per heavy atom. The third-order valence-electron chi connectivity index (χ3n) is 3.31. The fourth-order valence-electron chi connectivity index (χ4n) is 2.50. The molecule has 0 radical (unpaired) electrons. The molecule has 3 aromatic rings. The van der Waals surface area contributed by atoms with E-state index in [9.17, 15) is 0 Å². The normalized spacial score (nSPS) is 11.5. The summed E-state index contributed by atoms with van der Waals surface area (Å²) in [5.74, 6) is 0. The van der Waals surface area contributed by atoms with Gasteiger partial charge in [0, 0.05) is 31.6 Å². The van der Waals surface area contributed by atoms with Gasteiger partial charge >= 0.3 is 0 Å². The SMILES string of the molecule is BrCCCn1c2cc(Br)ccc2c2ccc(Br)cc21. The predicted molar refractivity (Wildman–Crippen MR) is 93.3 cm³/mol. The molecule has 1 aromatic heterocycles. The average Bonchev–Trinajstić information content (AvgIpc) is 2.68. The van der Waals surface area contributed by atoms with Crippen molar-refractivity contribution < 1.29 is 0 Å². The number of halogens is 3. The zero-order valence-electron chi connectivity index (χ0n) is 10.2. The molecule has 4 heteroatoms. The Hall–Kier alpha value is -0.320. The first kappa shape index (κ1) is 13.7. The van der Waals surface area contributed by atoms with Gasteiger partial charge < -0.3 is 4.57 Å². The molecule has 0 unspecified atom stereocenters. The lowest BCUT2D eigenvalue weighted by Gasteiger charge is -2.06. The highest BCUT2D eigenvalue weighted by Crippen LogP contribution is 2.32. The van der Waals surface area contributed by atoms with Crippen molar-refractivity contribution in [2.75, 3.05) is 5.33 Å². The van der Waals surface area contributed by atoms with Crippen LogP contribution >= 0.6 is 47.8 Å². The van der Waals surface area contributed by atoms with E-state index in [1.54, 1.807) is 0 Å². The maximum absolute atomic E-state index is 3.57. The van der Waals surface area contributed by atoms with Crippen molar-refractivity contribution in [2.24, 2.45) is 0 Å². The second kappa shape index (κ2) is 5.58. The Kier molecular flexibility index (Phi) is 4.01. The summed E-state index contributed by atoms with van der Waals surface area (Å²) in [6, 6.07) is 13.0. The van der Waals surface area contributed by atoms with Crippen molar-refractivity contribution >= 4 is 69.6 Å². The lowest BCUT2D eigenvalue weighted by atomic mass is 10.2. The molecule has 19 heavy (non-hydrogen) atoms. The molecule has 0 saturated heterocycles. The standard InChI is InChI=1S/C15H12Br3N/c16-6-1-7-19-14-8-10(17)2-4-12(14)13-5-3-11(18)9-15(13)19/h2-5,8-9H,1,6-7H2. The van der Waals surface area contributed by atoms with Crippen LogP contribution in [0.5, 0.6) is 0 Å². The molecular formula is C15H12Br3N. The molecule has 0 atom stereocenters. The smallest absolute Gasteiger partial charge is 0.0502 e. The van der Waals surface area contributed by atoms with Gasteiger partial charge in [-0.15, -0.1) is 0 Å². The van der Waals surface area contributed by atoms with Gasteiger partial charge in [-0.1, -0.05) is 59.9 Å². The van der Waals surface area contributed by atoms with E-state index in [0.717, 1.165) is 27.2 Å². The van der Waals surface area contributed by atoms with E-state index in [-0.39, 0.29) is 0 Å². The summed E-state index contributed by atoms with van der Waals surface area (Å²) < 4.78 is 4.66. The molecule has 3 rings (SSSR count). The van der Waals surface area contributed by atoms with Crippen LogP contribution in [-0.4, -0.2) is 9.90 Å². The van der Waals surface area contributed by atoms with Crippen LogP contribution in [0.2, 0.25) is 0 Å². The first-order valence-electron chi connectivity index (χ1n) is 6.13. The zero-order chi connectivity index (χ0) is 13.4. The van der Waals surface area contributed by atoms with Crippen LogP contribution in [0.4, 0.5) is 0 Å². The molecule has 0 spiro atoms. The molecule has 2 aromatic carbocycles. The summed E-state index contributed by atoms with van der Waals surface area (Å²) in [4.78, 5) is 0. The van der Waals surface area contributed by atoms with Gasteiger partial charge in [0.15, 0.2) is 0 Å². The number of rotatable bonds is 3. The molecule has 0 saturated carbocycles. The highest BCUT2D eigenvalue weighted by Gasteiger charge is 2.10. The predicted octanol–water partition coefficient (Wildman–Crippen LogP) is 6.10. The van der Waals surface area contributed by atoms with E-state index in [1.165, 1.54) is 21.8 Å². The van der Waals surface area contributed by atoms with Crippen molar-refractivity contribution in [1.29, 1.82) is 0 Å². The lowest BCUT2D eigenvalue weighted by molar-refractivity contribution is 0.732. The Labute approximate surface area is 137 Å². The number of hydrogen-bond acceptors (Lipinski definition) is 0. The maximum atomic E-state index is 3.57. The van der Waals surface area contributed by atoms with Gasteiger partial charge in [-0.05, 0) is 30.7 Å².